The van der Waals surface area contributed by atoms with E-state index >= 15 is 0 Å². The van der Waals surface area contributed by atoms with Crippen LogP contribution in [0.3, 0.4) is 0 Å². The van der Waals surface area contributed by atoms with Crippen LogP contribution in [0.2, 0.25) is 0 Å². The summed E-state index contributed by atoms with van der Waals surface area (Å²) in [6.45, 7) is 3.68. The number of aromatic nitrogens is 1. The second kappa shape index (κ2) is 4.04. The number of ether oxygens (including phenoxy) is 2. The summed E-state index contributed by atoms with van der Waals surface area (Å²) in [5.41, 5.74) is 0. The topological polar surface area (TPSA) is 31.4 Å². The average molecular weight is 211 g/mol. The first kappa shape index (κ1) is 10.2. The van der Waals surface area contributed by atoms with Gasteiger partial charge in [0.05, 0.1) is 12.2 Å². The molecule has 1 saturated carbocycles. The summed E-state index contributed by atoms with van der Waals surface area (Å²) >= 11 is 0. The maximum atomic E-state index is 13.4. The lowest BCUT2D eigenvalue weighted by molar-refractivity contribution is 0.204. The van der Waals surface area contributed by atoms with E-state index in [9.17, 15) is 4.39 Å². The standard InChI is InChI=1S/C11H14FNO2/c1-7(2)14-10-9(15-8-3-4-8)5-6-13-11(10)12/h5-8H,3-4H2,1-2H3. The highest BCUT2D eigenvalue weighted by molar-refractivity contribution is 5.38. The van der Waals surface area contributed by atoms with E-state index < -0.39 is 5.95 Å². The lowest BCUT2D eigenvalue weighted by Gasteiger charge is -2.14. The van der Waals surface area contributed by atoms with Crippen LogP contribution in [0, 0.1) is 5.95 Å². The molecule has 0 saturated heterocycles. The Balaban J connectivity index is 2.21. The van der Waals surface area contributed by atoms with Gasteiger partial charge in [-0.3, -0.25) is 0 Å². The SMILES string of the molecule is CC(C)Oc1c(OC2CC2)ccnc1F. The van der Waals surface area contributed by atoms with Crippen molar-refractivity contribution in [3.05, 3.63) is 18.2 Å². The number of halogens is 1. The maximum Gasteiger partial charge on any atom is 0.259 e. The van der Waals surface area contributed by atoms with Gasteiger partial charge in [0.15, 0.2) is 5.75 Å². The maximum absolute atomic E-state index is 13.4. The summed E-state index contributed by atoms with van der Waals surface area (Å²) in [5, 5.41) is 0. The molecular weight excluding hydrogens is 197 g/mol. The Hall–Kier alpha value is -1.32. The first-order chi connectivity index (χ1) is 7.16. The molecule has 1 aliphatic rings. The molecule has 4 heteroatoms. The molecule has 0 N–H and O–H groups in total. The van der Waals surface area contributed by atoms with E-state index in [0.29, 0.717) is 5.75 Å². The lowest BCUT2D eigenvalue weighted by Crippen LogP contribution is -2.10. The van der Waals surface area contributed by atoms with Gasteiger partial charge >= 0.3 is 0 Å². The minimum Gasteiger partial charge on any atom is -0.486 e. The molecule has 1 aliphatic carbocycles. The van der Waals surface area contributed by atoms with E-state index in [2.05, 4.69) is 4.98 Å². The van der Waals surface area contributed by atoms with Gasteiger partial charge in [-0.15, -0.1) is 0 Å². The van der Waals surface area contributed by atoms with E-state index in [0.717, 1.165) is 12.8 Å². The van der Waals surface area contributed by atoms with Crippen molar-refractivity contribution in [2.75, 3.05) is 0 Å². The number of rotatable bonds is 4. The largest absolute Gasteiger partial charge is 0.486 e. The molecule has 0 aromatic carbocycles. The number of nitrogens with zero attached hydrogens (tertiary/aromatic N) is 1. The highest BCUT2D eigenvalue weighted by Crippen LogP contribution is 2.34. The molecule has 1 fully saturated rings. The summed E-state index contributed by atoms with van der Waals surface area (Å²) < 4.78 is 24.2. The van der Waals surface area contributed by atoms with Crippen molar-refractivity contribution in [3.63, 3.8) is 0 Å². The third kappa shape index (κ3) is 2.58. The predicted molar refractivity (Wildman–Crippen MR) is 53.6 cm³/mol. The molecule has 1 aromatic heterocycles. The second-order valence-corrected chi connectivity index (χ2v) is 3.91. The predicted octanol–water partition coefficient (Wildman–Crippen LogP) is 2.55. The van der Waals surface area contributed by atoms with Crippen LogP contribution in [-0.4, -0.2) is 17.2 Å². The molecular formula is C11H14FNO2. The van der Waals surface area contributed by atoms with Crippen molar-refractivity contribution in [2.45, 2.75) is 38.9 Å². The normalized spacial score (nSPS) is 15.5. The van der Waals surface area contributed by atoms with E-state index in [1.54, 1.807) is 6.07 Å². The summed E-state index contributed by atoms with van der Waals surface area (Å²) in [6, 6.07) is 1.64. The van der Waals surface area contributed by atoms with Crippen LogP contribution in [0.1, 0.15) is 26.7 Å². The van der Waals surface area contributed by atoms with Gasteiger partial charge in [-0.1, -0.05) is 0 Å². The van der Waals surface area contributed by atoms with E-state index in [-0.39, 0.29) is 18.0 Å². The van der Waals surface area contributed by atoms with Gasteiger partial charge in [-0.05, 0) is 26.7 Å². The minimum atomic E-state index is -0.609. The summed E-state index contributed by atoms with van der Waals surface area (Å²) in [4.78, 5) is 3.55. The molecule has 3 nitrogen and oxygen atoms in total. The Kier molecular flexibility index (Phi) is 2.75. The zero-order chi connectivity index (χ0) is 10.8. The zero-order valence-electron chi connectivity index (χ0n) is 8.87. The molecule has 0 aliphatic heterocycles. The van der Waals surface area contributed by atoms with Gasteiger partial charge in [0.25, 0.3) is 5.95 Å². The molecule has 0 unspecified atom stereocenters. The van der Waals surface area contributed by atoms with Crippen molar-refractivity contribution >= 4 is 0 Å². The molecule has 15 heavy (non-hydrogen) atoms. The number of hydrogen-bond donors (Lipinski definition) is 0. The van der Waals surface area contributed by atoms with Gasteiger partial charge in [0, 0.05) is 12.3 Å². The average Bonchev–Trinajstić information content (AvgIpc) is 2.94. The van der Waals surface area contributed by atoms with E-state index in [1.165, 1.54) is 6.20 Å². The Bertz CT molecular complexity index is 350. The molecule has 82 valence electrons. The molecule has 0 spiro atoms. The first-order valence-electron chi connectivity index (χ1n) is 5.14. The zero-order valence-corrected chi connectivity index (χ0v) is 8.87. The Labute approximate surface area is 88.2 Å². The van der Waals surface area contributed by atoms with Crippen molar-refractivity contribution < 1.29 is 13.9 Å². The molecule has 0 atom stereocenters. The van der Waals surface area contributed by atoms with Crippen LogP contribution in [0.15, 0.2) is 12.3 Å². The fourth-order valence-corrected chi connectivity index (χ4v) is 1.21. The molecule has 0 amide bonds. The third-order valence-electron chi connectivity index (χ3n) is 2.00. The van der Waals surface area contributed by atoms with Crippen molar-refractivity contribution in [1.82, 2.24) is 4.98 Å². The Morgan fingerprint density at radius 3 is 2.80 bits per heavy atom. The van der Waals surface area contributed by atoms with E-state index in [1.807, 2.05) is 13.8 Å². The molecule has 1 aromatic rings. The molecule has 0 radical (unpaired) electrons. The van der Waals surface area contributed by atoms with Crippen LogP contribution >= 0.6 is 0 Å². The van der Waals surface area contributed by atoms with Gasteiger partial charge in [-0.2, -0.15) is 4.39 Å². The number of pyridine rings is 1. The smallest absolute Gasteiger partial charge is 0.259 e. The van der Waals surface area contributed by atoms with Gasteiger partial charge in [-0.25, -0.2) is 4.98 Å². The van der Waals surface area contributed by atoms with Crippen LogP contribution in [0.5, 0.6) is 11.5 Å². The first-order valence-corrected chi connectivity index (χ1v) is 5.14. The highest BCUT2D eigenvalue weighted by atomic mass is 19.1. The third-order valence-corrected chi connectivity index (χ3v) is 2.00. The van der Waals surface area contributed by atoms with Crippen LogP contribution < -0.4 is 9.47 Å². The van der Waals surface area contributed by atoms with Gasteiger partial charge in [0.1, 0.15) is 0 Å². The second-order valence-electron chi connectivity index (χ2n) is 3.91. The van der Waals surface area contributed by atoms with Crippen LogP contribution in [-0.2, 0) is 0 Å². The molecule has 1 heterocycles. The Morgan fingerprint density at radius 2 is 2.20 bits per heavy atom. The molecule has 0 bridgehead atoms. The van der Waals surface area contributed by atoms with E-state index in [4.69, 9.17) is 9.47 Å². The lowest BCUT2D eigenvalue weighted by atomic mass is 10.4. The summed E-state index contributed by atoms with van der Waals surface area (Å²) in [7, 11) is 0. The van der Waals surface area contributed by atoms with Gasteiger partial charge in [0.2, 0.25) is 5.75 Å². The number of hydrogen-bond acceptors (Lipinski definition) is 3. The van der Waals surface area contributed by atoms with Crippen LogP contribution in [0.25, 0.3) is 0 Å². The monoisotopic (exact) mass is 211 g/mol. The fourth-order valence-electron chi connectivity index (χ4n) is 1.21. The fraction of sp³-hybridized carbons (Fsp3) is 0.545. The highest BCUT2D eigenvalue weighted by Gasteiger charge is 2.26. The van der Waals surface area contributed by atoms with Crippen LogP contribution in [0.4, 0.5) is 4.39 Å². The molecule has 2 rings (SSSR count). The summed E-state index contributed by atoms with van der Waals surface area (Å²) in [5.74, 6) is -0.0278. The van der Waals surface area contributed by atoms with Crippen molar-refractivity contribution in [3.8, 4) is 11.5 Å². The minimum absolute atomic E-state index is 0.0924. The van der Waals surface area contributed by atoms with Gasteiger partial charge < -0.3 is 9.47 Å². The summed E-state index contributed by atoms with van der Waals surface area (Å²) in [6.07, 6.45) is 3.59. The van der Waals surface area contributed by atoms with Crippen molar-refractivity contribution in [1.29, 1.82) is 0 Å². The van der Waals surface area contributed by atoms with Crippen molar-refractivity contribution in [2.24, 2.45) is 0 Å². The Morgan fingerprint density at radius 1 is 1.47 bits per heavy atom. The quantitative estimate of drug-likeness (QED) is 0.717.